The Balaban J connectivity index is 2.00. The highest BCUT2D eigenvalue weighted by molar-refractivity contribution is 6.10. The van der Waals surface area contributed by atoms with Crippen LogP contribution in [-0.2, 0) is 19.2 Å². The lowest BCUT2D eigenvalue weighted by Crippen LogP contribution is -2.30. The lowest BCUT2D eigenvalue weighted by Gasteiger charge is -2.11. The van der Waals surface area contributed by atoms with Crippen LogP contribution in [0.25, 0.3) is 12.2 Å². The maximum atomic E-state index is 12.2. The van der Waals surface area contributed by atoms with Crippen LogP contribution in [0, 0.1) is 0 Å². The van der Waals surface area contributed by atoms with Crippen molar-refractivity contribution in [3.63, 3.8) is 0 Å². The van der Waals surface area contributed by atoms with Gasteiger partial charge in [0, 0.05) is 0 Å². The van der Waals surface area contributed by atoms with Crippen molar-refractivity contribution in [3.05, 3.63) is 59.7 Å². The molecule has 10 nitrogen and oxygen atoms in total. The number of hydrogen-bond donors (Lipinski definition) is 2. The van der Waals surface area contributed by atoms with E-state index in [4.69, 9.17) is 30.4 Å². The van der Waals surface area contributed by atoms with Crippen LogP contribution in [0.2, 0.25) is 0 Å². The predicted molar refractivity (Wildman–Crippen MR) is 137 cm³/mol. The summed E-state index contributed by atoms with van der Waals surface area (Å²) in [7, 11) is 2.83. The lowest BCUT2D eigenvalue weighted by molar-refractivity contribution is -0.136. The Morgan fingerprint density at radius 3 is 1.41 bits per heavy atom. The monoisotopic (exact) mass is 510 g/mol. The quantitative estimate of drug-likeness (QED) is 0.188. The fraction of sp³-hybridized carbons (Fsp3) is 0.259. The van der Waals surface area contributed by atoms with Crippen LogP contribution < -0.4 is 30.4 Å². The van der Waals surface area contributed by atoms with Gasteiger partial charge in [-0.15, -0.1) is 0 Å². The molecule has 0 aliphatic rings. The Kier molecular flexibility index (Phi) is 10.7. The van der Waals surface area contributed by atoms with Gasteiger partial charge in [-0.25, -0.2) is 9.59 Å². The normalized spacial score (nSPS) is 12.7. The third-order valence-corrected chi connectivity index (χ3v) is 4.81. The molecule has 0 aromatic heterocycles. The Labute approximate surface area is 214 Å². The molecule has 196 valence electrons. The van der Waals surface area contributed by atoms with E-state index in [9.17, 15) is 19.2 Å². The van der Waals surface area contributed by atoms with Crippen LogP contribution in [0.5, 0.6) is 23.0 Å². The SMILES string of the molecule is COc1cc(/C=C/C(=O)CC(=O)/C=C/c2ccc(OC(=O)[C@@H](C)N)c(OC)c2)ccc1OC(=O)[C@@H](C)N. The first kappa shape index (κ1) is 29.0. The van der Waals surface area contributed by atoms with Crippen LogP contribution in [0.15, 0.2) is 48.6 Å². The van der Waals surface area contributed by atoms with Crippen LogP contribution in [0.1, 0.15) is 31.4 Å². The third-order valence-electron chi connectivity index (χ3n) is 4.81. The van der Waals surface area contributed by atoms with Gasteiger partial charge in [0.1, 0.15) is 12.1 Å². The van der Waals surface area contributed by atoms with Gasteiger partial charge in [0.2, 0.25) is 0 Å². The summed E-state index contributed by atoms with van der Waals surface area (Å²) < 4.78 is 20.8. The average molecular weight is 511 g/mol. The first-order valence-electron chi connectivity index (χ1n) is 11.3. The van der Waals surface area contributed by atoms with Gasteiger partial charge in [-0.2, -0.15) is 0 Å². The number of allylic oxidation sites excluding steroid dienone is 2. The van der Waals surface area contributed by atoms with Crippen molar-refractivity contribution in [3.8, 4) is 23.0 Å². The molecule has 0 heterocycles. The maximum absolute atomic E-state index is 12.2. The minimum Gasteiger partial charge on any atom is -0.493 e. The van der Waals surface area contributed by atoms with Crippen molar-refractivity contribution in [1.29, 1.82) is 0 Å². The van der Waals surface area contributed by atoms with Crippen LogP contribution >= 0.6 is 0 Å². The van der Waals surface area contributed by atoms with Crippen molar-refractivity contribution < 1.29 is 38.1 Å². The summed E-state index contributed by atoms with van der Waals surface area (Å²) in [5, 5.41) is 0. The second-order valence-electron chi connectivity index (χ2n) is 8.02. The molecule has 0 bridgehead atoms. The van der Waals surface area contributed by atoms with E-state index in [0.717, 1.165) is 0 Å². The summed E-state index contributed by atoms with van der Waals surface area (Å²) in [5.74, 6) is -1.05. The summed E-state index contributed by atoms with van der Waals surface area (Å²) in [6.45, 7) is 3.01. The Morgan fingerprint density at radius 2 is 1.08 bits per heavy atom. The summed E-state index contributed by atoms with van der Waals surface area (Å²) in [6, 6.07) is 7.87. The number of hydrogen-bond acceptors (Lipinski definition) is 10. The molecule has 0 amide bonds. The molecule has 4 N–H and O–H groups in total. The second-order valence-corrected chi connectivity index (χ2v) is 8.02. The van der Waals surface area contributed by atoms with Crippen molar-refractivity contribution in [2.24, 2.45) is 11.5 Å². The van der Waals surface area contributed by atoms with Crippen LogP contribution in [0.4, 0.5) is 0 Å². The molecule has 2 atom stereocenters. The zero-order valence-corrected chi connectivity index (χ0v) is 21.1. The lowest BCUT2D eigenvalue weighted by atomic mass is 10.1. The second kappa shape index (κ2) is 13.7. The number of methoxy groups -OCH3 is 2. The van der Waals surface area contributed by atoms with Crippen LogP contribution in [-0.4, -0.2) is 49.8 Å². The molecule has 10 heteroatoms. The number of esters is 2. The fourth-order valence-corrected chi connectivity index (χ4v) is 2.81. The molecule has 0 aliphatic heterocycles. The standard InChI is InChI=1S/C27H30N2O8/c1-16(28)26(32)36-22-11-7-18(13-24(22)34-3)5-9-20(30)15-21(31)10-6-19-8-12-23(25(14-19)35-4)37-27(33)17(2)29/h5-14,16-17H,15,28-29H2,1-4H3/b9-5+,10-6+/t16-,17-/m1/s1. The number of ether oxygens (including phenoxy) is 4. The van der Waals surface area contributed by atoms with E-state index in [1.807, 2.05) is 0 Å². The minimum atomic E-state index is -0.792. The summed E-state index contributed by atoms with van der Waals surface area (Å²) >= 11 is 0. The Morgan fingerprint density at radius 1 is 0.703 bits per heavy atom. The highest BCUT2D eigenvalue weighted by Crippen LogP contribution is 2.30. The summed E-state index contributed by atoms with van der Waals surface area (Å²) in [6.07, 6.45) is 5.26. The van der Waals surface area contributed by atoms with E-state index < -0.39 is 35.6 Å². The number of carbonyl (C=O) groups excluding carboxylic acids is 4. The molecular formula is C27H30N2O8. The number of ketones is 2. The molecular weight excluding hydrogens is 480 g/mol. The first-order chi connectivity index (χ1) is 17.5. The van der Waals surface area contributed by atoms with E-state index in [-0.39, 0.29) is 29.4 Å². The van der Waals surface area contributed by atoms with E-state index >= 15 is 0 Å². The zero-order chi connectivity index (χ0) is 27.5. The molecule has 2 rings (SSSR count). The molecule has 0 unspecified atom stereocenters. The minimum absolute atomic E-state index is 0.199. The number of benzene rings is 2. The first-order valence-corrected chi connectivity index (χ1v) is 11.3. The average Bonchev–Trinajstić information content (AvgIpc) is 2.87. The van der Waals surface area contributed by atoms with Gasteiger partial charge in [0.25, 0.3) is 0 Å². The molecule has 37 heavy (non-hydrogen) atoms. The van der Waals surface area contributed by atoms with Gasteiger partial charge in [0.05, 0.1) is 20.6 Å². The molecule has 2 aromatic rings. The zero-order valence-electron chi connectivity index (χ0n) is 21.1. The number of nitrogens with two attached hydrogens (primary N) is 2. The van der Waals surface area contributed by atoms with Crippen molar-refractivity contribution in [2.75, 3.05) is 14.2 Å². The molecule has 0 saturated heterocycles. The van der Waals surface area contributed by atoms with Crippen molar-refractivity contribution in [1.82, 2.24) is 0 Å². The third kappa shape index (κ3) is 9.02. The van der Waals surface area contributed by atoms with Gasteiger partial charge in [-0.3, -0.25) is 9.59 Å². The van der Waals surface area contributed by atoms with E-state index in [1.165, 1.54) is 64.5 Å². The van der Waals surface area contributed by atoms with E-state index in [0.29, 0.717) is 11.1 Å². The number of carbonyl (C=O) groups is 4. The molecule has 0 saturated carbocycles. The fourth-order valence-electron chi connectivity index (χ4n) is 2.81. The van der Waals surface area contributed by atoms with Gasteiger partial charge in [-0.1, -0.05) is 24.3 Å². The maximum Gasteiger partial charge on any atom is 0.328 e. The molecule has 0 radical (unpaired) electrons. The topological polar surface area (TPSA) is 157 Å². The Hall–Kier alpha value is -4.28. The highest BCUT2D eigenvalue weighted by atomic mass is 16.6. The summed E-state index contributed by atoms with van der Waals surface area (Å²) in [4.78, 5) is 47.9. The smallest absolute Gasteiger partial charge is 0.328 e. The highest BCUT2D eigenvalue weighted by Gasteiger charge is 2.15. The predicted octanol–water partition coefficient (Wildman–Crippen LogP) is 2.46. The van der Waals surface area contributed by atoms with Gasteiger partial charge in [-0.05, 0) is 61.4 Å². The van der Waals surface area contributed by atoms with Crippen LogP contribution in [0.3, 0.4) is 0 Å². The van der Waals surface area contributed by atoms with Crippen molar-refractivity contribution in [2.45, 2.75) is 32.4 Å². The largest absolute Gasteiger partial charge is 0.493 e. The van der Waals surface area contributed by atoms with E-state index in [1.54, 1.807) is 24.3 Å². The Bertz CT molecular complexity index is 1120. The summed E-state index contributed by atoms with van der Waals surface area (Å²) in [5.41, 5.74) is 12.2. The van der Waals surface area contributed by atoms with Gasteiger partial charge in [0.15, 0.2) is 34.6 Å². The number of rotatable bonds is 12. The van der Waals surface area contributed by atoms with Crippen molar-refractivity contribution >= 4 is 35.7 Å². The molecule has 0 aliphatic carbocycles. The molecule has 0 spiro atoms. The van der Waals surface area contributed by atoms with E-state index in [2.05, 4.69) is 0 Å². The van der Waals surface area contributed by atoms with Gasteiger partial charge >= 0.3 is 11.9 Å². The molecule has 0 fully saturated rings. The van der Waals surface area contributed by atoms with Gasteiger partial charge < -0.3 is 30.4 Å². The molecule has 2 aromatic carbocycles.